The van der Waals surface area contributed by atoms with Crippen molar-refractivity contribution >= 4 is 65.7 Å². The maximum atomic E-state index is 6.87. The van der Waals surface area contributed by atoms with Gasteiger partial charge < -0.3 is 13.4 Å². The quantitative estimate of drug-likeness (QED) is 0.152. The monoisotopic (exact) mass is 958 g/mol. The number of hydrogen-bond donors (Lipinski definition) is 0. The molecule has 0 radical (unpaired) electrons. The maximum absolute atomic E-state index is 6.87. The number of benzene rings is 11. The number of aromatic nitrogens is 4. The van der Waals surface area contributed by atoms with Crippen molar-refractivity contribution in [3.63, 3.8) is 0 Å². The molecule has 6 heteroatoms. The lowest BCUT2D eigenvalue weighted by Crippen LogP contribution is -2.01. The van der Waals surface area contributed by atoms with Crippen molar-refractivity contribution in [2.75, 3.05) is 0 Å². The van der Waals surface area contributed by atoms with Crippen LogP contribution in [0.5, 0.6) is 0 Å². The second kappa shape index (κ2) is 17.3. The van der Waals surface area contributed by atoms with E-state index in [2.05, 4.69) is 211 Å². The number of hydrogen-bond acceptors (Lipinski definition) is 5. The molecule has 6 nitrogen and oxygen atoms in total. The smallest absolute Gasteiger partial charge is 0.164 e. The van der Waals surface area contributed by atoms with Gasteiger partial charge in [0.2, 0.25) is 0 Å². The maximum Gasteiger partial charge on any atom is 0.164 e. The molecule has 0 aliphatic carbocycles. The van der Waals surface area contributed by atoms with Gasteiger partial charge in [0.25, 0.3) is 0 Å². The van der Waals surface area contributed by atoms with E-state index in [1.165, 1.54) is 21.9 Å². The molecular weight excluding hydrogens is 917 g/mol. The molecule has 11 aromatic carbocycles. The Morgan fingerprint density at radius 3 is 1.53 bits per heavy atom. The molecule has 0 N–H and O–H groups in total. The lowest BCUT2D eigenvalue weighted by Gasteiger charge is -2.14. The molecule has 0 amide bonds. The van der Waals surface area contributed by atoms with Crippen molar-refractivity contribution in [1.29, 1.82) is 0 Å². The third kappa shape index (κ3) is 7.22. The van der Waals surface area contributed by atoms with Crippen LogP contribution in [0.1, 0.15) is 0 Å². The van der Waals surface area contributed by atoms with Crippen LogP contribution in [0.25, 0.3) is 150 Å². The fourth-order valence-corrected chi connectivity index (χ4v) is 11.0. The van der Waals surface area contributed by atoms with E-state index >= 15 is 0 Å². The molecule has 0 bridgehead atoms. The van der Waals surface area contributed by atoms with Gasteiger partial charge in [0, 0.05) is 49.0 Å². The highest BCUT2D eigenvalue weighted by atomic mass is 16.3. The second-order valence-corrected chi connectivity index (χ2v) is 19.1. The SMILES string of the molecule is c1ccc(-c2ccc(-c3nc(-c4ccccc4)nc(-c4cc5c(cc4-c4cccc(-c6ccc7oc8c(-n9c%10ccccc%10c%10cc(-c%11ccccc%11)ccc%109)cccc8c7c6)c4)oc4ccccc45)n3)cc2)cc1. The van der Waals surface area contributed by atoms with Crippen LogP contribution in [0.4, 0.5) is 0 Å². The van der Waals surface area contributed by atoms with E-state index in [-0.39, 0.29) is 0 Å². The summed E-state index contributed by atoms with van der Waals surface area (Å²) in [6.45, 7) is 0. The molecule has 0 aliphatic rings. The Morgan fingerprint density at radius 2 is 0.747 bits per heavy atom. The van der Waals surface area contributed by atoms with Gasteiger partial charge in [-0.15, -0.1) is 0 Å². The molecule has 0 fully saturated rings. The first-order valence-corrected chi connectivity index (χ1v) is 25.2. The standard InChI is InChI=1S/C69H42N4O2/c1-4-16-43(17-5-1)45-30-32-47(33-31-45)68-70-67(46-20-8-3-9-21-46)71-69(72-68)59-41-58-53-25-11-13-29-63(53)74-65(58)42-55(59)51-23-14-22-48(38-51)50-35-37-64-57(40-50)54-26-15-28-62(66(54)75-64)73-60-27-12-10-24-52(60)56-39-49(34-36-61(56)73)44-18-6-2-7-19-44/h1-42H. The minimum absolute atomic E-state index is 0.570. The van der Waals surface area contributed by atoms with Crippen molar-refractivity contribution in [2.24, 2.45) is 0 Å². The lowest BCUT2D eigenvalue weighted by molar-refractivity contribution is 0.666. The van der Waals surface area contributed by atoms with Crippen LogP contribution in [0, 0.1) is 0 Å². The van der Waals surface area contributed by atoms with Gasteiger partial charge in [0.15, 0.2) is 23.1 Å². The Bertz CT molecular complexity index is 4690. The minimum Gasteiger partial charge on any atom is -0.456 e. The van der Waals surface area contributed by atoms with E-state index in [1.54, 1.807) is 0 Å². The Morgan fingerprint density at radius 1 is 0.253 bits per heavy atom. The summed E-state index contributed by atoms with van der Waals surface area (Å²) in [7, 11) is 0. The van der Waals surface area contributed by atoms with Crippen LogP contribution in [-0.4, -0.2) is 19.5 Å². The van der Waals surface area contributed by atoms with E-state index in [9.17, 15) is 0 Å². The first-order valence-electron chi connectivity index (χ1n) is 25.2. The van der Waals surface area contributed by atoms with Crippen molar-refractivity contribution in [3.8, 4) is 84.4 Å². The first-order chi connectivity index (χ1) is 37.1. The third-order valence-electron chi connectivity index (χ3n) is 14.7. The van der Waals surface area contributed by atoms with Crippen molar-refractivity contribution in [2.45, 2.75) is 0 Å². The zero-order chi connectivity index (χ0) is 49.4. The predicted octanol–water partition coefficient (Wildman–Crippen LogP) is 18.4. The van der Waals surface area contributed by atoms with Crippen molar-refractivity contribution < 1.29 is 8.83 Å². The molecular formula is C69H42N4O2. The van der Waals surface area contributed by atoms with Crippen LogP contribution in [0.3, 0.4) is 0 Å². The van der Waals surface area contributed by atoms with E-state index in [1.807, 2.05) is 48.5 Å². The normalized spacial score (nSPS) is 11.7. The summed E-state index contributed by atoms with van der Waals surface area (Å²) in [6, 6.07) is 89.3. The molecule has 0 spiro atoms. The van der Waals surface area contributed by atoms with E-state index in [0.29, 0.717) is 17.5 Å². The van der Waals surface area contributed by atoms with Crippen LogP contribution in [0.15, 0.2) is 264 Å². The van der Waals surface area contributed by atoms with E-state index < -0.39 is 0 Å². The molecule has 0 saturated carbocycles. The number of nitrogens with zero attached hydrogens (tertiary/aromatic N) is 4. The average molecular weight is 959 g/mol. The van der Waals surface area contributed by atoms with Gasteiger partial charge in [0.05, 0.1) is 16.7 Å². The van der Waals surface area contributed by atoms with Gasteiger partial charge in [-0.1, -0.05) is 194 Å². The molecule has 15 rings (SSSR count). The second-order valence-electron chi connectivity index (χ2n) is 19.1. The fraction of sp³-hybridized carbons (Fsp3) is 0. The van der Waals surface area contributed by atoms with Crippen LogP contribution >= 0.6 is 0 Å². The summed E-state index contributed by atoms with van der Waals surface area (Å²) >= 11 is 0. The summed E-state index contributed by atoms with van der Waals surface area (Å²) in [5, 5.41) is 6.53. The van der Waals surface area contributed by atoms with Crippen molar-refractivity contribution in [1.82, 2.24) is 19.5 Å². The number of furan rings is 2. The van der Waals surface area contributed by atoms with Crippen LogP contribution in [0.2, 0.25) is 0 Å². The van der Waals surface area contributed by atoms with Gasteiger partial charge in [-0.25, -0.2) is 15.0 Å². The summed E-state index contributed by atoms with van der Waals surface area (Å²) in [6.07, 6.45) is 0. The number of rotatable bonds is 8. The van der Waals surface area contributed by atoms with E-state index in [0.717, 1.165) is 111 Å². The van der Waals surface area contributed by atoms with Gasteiger partial charge in [-0.05, 0) is 105 Å². The summed E-state index contributed by atoms with van der Waals surface area (Å²) in [5.74, 6) is 1.76. The molecule has 4 aromatic heterocycles. The summed E-state index contributed by atoms with van der Waals surface area (Å²) in [4.78, 5) is 15.7. The summed E-state index contributed by atoms with van der Waals surface area (Å²) in [5.41, 5.74) is 18.0. The van der Waals surface area contributed by atoms with Gasteiger partial charge in [0.1, 0.15) is 16.7 Å². The summed E-state index contributed by atoms with van der Waals surface area (Å²) < 4.78 is 15.8. The van der Waals surface area contributed by atoms with Crippen molar-refractivity contribution in [3.05, 3.63) is 255 Å². The molecule has 0 atom stereocenters. The topological polar surface area (TPSA) is 69.9 Å². The van der Waals surface area contributed by atoms with Gasteiger partial charge in [-0.2, -0.15) is 0 Å². The Hall–Kier alpha value is -10.2. The molecule has 4 heterocycles. The van der Waals surface area contributed by atoms with Gasteiger partial charge in [-0.3, -0.25) is 0 Å². The van der Waals surface area contributed by atoms with Crippen LogP contribution < -0.4 is 0 Å². The third-order valence-corrected chi connectivity index (χ3v) is 14.7. The lowest BCUT2D eigenvalue weighted by atomic mass is 9.93. The molecule has 15 aromatic rings. The highest BCUT2D eigenvalue weighted by molar-refractivity contribution is 6.14. The fourth-order valence-electron chi connectivity index (χ4n) is 11.0. The number of fused-ring (bicyclic) bond motifs is 9. The highest BCUT2D eigenvalue weighted by Crippen LogP contribution is 2.43. The zero-order valence-electron chi connectivity index (χ0n) is 40.4. The molecule has 0 aliphatic heterocycles. The van der Waals surface area contributed by atoms with E-state index in [4.69, 9.17) is 23.8 Å². The Kier molecular flexibility index (Phi) is 9.78. The van der Waals surface area contributed by atoms with Crippen LogP contribution in [-0.2, 0) is 0 Å². The van der Waals surface area contributed by atoms with Gasteiger partial charge >= 0.3 is 0 Å². The zero-order valence-corrected chi connectivity index (χ0v) is 40.4. The number of para-hydroxylation sites is 3. The first kappa shape index (κ1) is 42.5. The molecule has 0 unspecified atom stereocenters. The average Bonchev–Trinajstić information content (AvgIpc) is 4.20. The molecule has 350 valence electrons. The Balaban J connectivity index is 0.868. The highest BCUT2D eigenvalue weighted by Gasteiger charge is 2.22. The Labute approximate surface area is 431 Å². The molecule has 75 heavy (non-hydrogen) atoms. The molecule has 0 saturated heterocycles. The predicted molar refractivity (Wildman–Crippen MR) is 307 cm³/mol. The minimum atomic E-state index is 0.570. The largest absolute Gasteiger partial charge is 0.456 e.